The van der Waals surface area contributed by atoms with Gasteiger partial charge in [-0.25, -0.2) is 8.78 Å². The molecule has 192 valence electrons. The summed E-state index contributed by atoms with van der Waals surface area (Å²) in [6.45, 7) is -2.37. The highest BCUT2D eigenvalue weighted by Crippen LogP contribution is 2.30. The first kappa shape index (κ1) is 27.1. The number of para-hydroxylation sites is 1. The zero-order chi connectivity index (χ0) is 26.3. The number of hydrogen-bond donors (Lipinski definition) is 3. The molecule has 0 fully saturated rings. The van der Waals surface area contributed by atoms with Gasteiger partial charge in [0, 0.05) is 23.2 Å². The molecule has 10 heteroatoms. The number of rotatable bonds is 11. The van der Waals surface area contributed by atoms with Crippen LogP contribution in [0, 0.1) is 5.82 Å². The van der Waals surface area contributed by atoms with Gasteiger partial charge in [0.15, 0.2) is 0 Å². The molecule has 0 heterocycles. The van der Waals surface area contributed by atoms with Gasteiger partial charge in [-0.3, -0.25) is 4.79 Å². The molecule has 0 radical (unpaired) electrons. The smallest absolute Gasteiger partial charge is 0.401 e. The summed E-state index contributed by atoms with van der Waals surface area (Å²) in [4.78, 5) is 11.1. The van der Waals surface area contributed by atoms with E-state index in [0.29, 0.717) is 28.0 Å². The van der Waals surface area contributed by atoms with E-state index >= 15 is 4.39 Å². The zero-order valence-corrected chi connectivity index (χ0v) is 19.1. The summed E-state index contributed by atoms with van der Waals surface area (Å²) in [6, 6.07) is 14.5. The lowest BCUT2D eigenvalue weighted by atomic mass is 9.96. The molecule has 0 aromatic heterocycles. The summed E-state index contributed by atoms with van der Waals surface area (Å²) in [5.41, 5.74) is 7.53. The monoisotopic (exact) mass is 508 g/mol. The predicted octanol–water partition coefficient (Wildman–Crippen LogP) is 5.32. The Balaban J connectivity index is 1.94. The standard InChI is InChI=1S/C26H25F5N2O3/c27-12-22(32)21-6-3-5-20(25(21)28)19-9-16(13-33-15-26(29,30)31)8-17(10-19)14-36-23-7-2-1-4-18(23)11-24(34)35/h1-10,22,33H,11-15,32H2,(H,34,35). The fourth-order valence-corrected chi connectivity index (χ4v) is 3.71. The molecule has 1 atom stereocenters. The van der Waals surface area contributed by atoms with Gasteiger partial charge in [-0.05, 0) is 34.9 Å². The first-order valence-electron chi connectivity index (χ1n) is 11.0. The van der Waals surface area contributed by atoms with E-state index in [1.54, 1.807) is 36.4 Å². The number of ether oxygens (including phenoxy) is 1. The fourth-order valence-electron chi connectivity index (χ4n) is 3.71. The van der Waals surface area contributed by atoms with Crippen molar-refractivity contribution in [3.8, 4) is 16.9 Å². The molecular formula is C26H25F5N2O3. The quantitative estimate of drug-likeness (QED) is 0.306. The highest BCUT2D eigenvalue weighted by atomic mass is 19.4. The van der Waals surface area contributed by atoms with Gasteiger partial charge in [-0.15, -0.1) is 0 Å². The Morgan fingerprint density at radius 1 is 1.06 bits per heavy atom. The van der Waals surface area contributed by atoms with Crippen LogP contribution in [-0.2, 0) is 24.4 Å². The van der Waals surface area contributed by atoms with Gasteiger partial charge in [0.05, 0.1) is 19.0 Å². The van der Waals surface area contributed by atoms with E-state index in [-0.39, 0.29) is 30.7 Å². The Hall–Kier alpha value is -3.50. The lowest BCUT2D eigenvalue weighted by Gasteiger charge is -2.16. The lowest BCUT2D eigenvalue weighted by molar-refractivity contribution is -0.136. The molecule has 36 heavy (non-hydrogen) atoms. The first-order valence-corrected chi connectivity index (χ1v) is 11.0. The third kappa shape index (κ3) is 7.50. The minimum atomic E-state index is -4.40. The number of halogens is 5. The summed E-state index contributed by atoms with van der Waals surface area (Å²) < 4.78 is 71.9. The summed E-state index contributed by atoms with van der Waals surface area (Å²) in [5, 5.41) is 11.4. The van der Waals surface area contributed by atoms with Gasteiger partial charge in [-0.2, -0.15) is 13.2 Å². The van der Waals surface area contributed by atoms with Crippen LogP contribution in [0.25, 0.3) is 11.1 Å². The van der Waals surface area contributed by atoms with E-state index in [2.05, 4.69) is 5.32 Å². The normalized spacial score (nSPS) is 12.4. The zero-order valence-electron chi connectivity index (χ0n) is 19.1. The van der Waals surface area contributed by atoms with Crippen molar-refractivity contribution >= 4 is 5.97 Å². The van der Waals surface area contributed by atoms with Crippen molar-refractivity contribution in [2.45, 2.75) is 31.8 Å². The summed E-state index contributed by atoms with van der Waals surface area (Å²) in [5.74, 6) is -1.42. The molecule has 0 amide bonds. The van der Waals surface area contributed by atoms with Gasteiger partial charge in [0.25, 0.3) is 0 Å². The largest absolute Gasteiger partial charge is 0.489 e. The number of carboxylic acid groups (broad SMARTS) is 1. The van der Waals surface area contributed by atoms with E-state index in [0.717, 1.165) is 0 Å². The second-order valence-corrected chi connectivity index (χ2v) is 8.19. The van der Waals surface area contributed by atoms with Crippen LogP contribution < -0.4 is 15.8 Å². The Morgan fingerprint density at radius 2 is 1.78 bits per heavy atom. The molecule has 3 rings (SSSR count). The van der Waals surface area contributed by atoms with Crippen molar-refractivity contribution < 1.29 is 36.6 Å². The average Bonchev–Trinajstić information content (AvgIpc) is 2.82. The molecule has 0 spiro atoms. The average molecular weight is 508 g/mol. The van der Waals surface area contributed by atoms with Gasteiger partial charge in [-0.1, -0.05) is 42.5 Å². The Labute approximate surface area is 204 Å². The molecule has 3 aromatic rings. The number of benzene rings is 3. The van der Waals surface area contributed by atoms with Crippen LogP contribution in [0.5, 0.6) is 5.75 Å². The third-order valence-electron chi connectivity index (χ3n) is 5.32. The SMILES string of the molecule is NC(CF)c1cccc(-c2cc(CNCC(F)(F)F)cc(COc3ccccc3CC(=O)O)c2)c1F. The summed E-state index contributed by atoms with van der Waals surface area (Å²) in [7, 11) is 0. The molecule has 0 aliphatic heterocycles. The van der Waals surface area contributed by atoms with Crippen LogP contribution in [0.15, 0.2) is 60.7 Å². The van der Waals surface area contributed by atoms with Crippen molar-refractivity contribution in [3.05, 3.63) is 88.7 Å². The van der Waals surface area contributed by atoms with Gasteiger partial charge >= 0.3 is 12.1 Å². The van der Waals surface area contributed by atoms with Crippen molar-refractivity contribution in [1.29, 1.82) is 0 Å². The maximum Gasteiger partial charge on any atom is 0.401 e. The molecule has 0 saturated carbocycles. The summed E-state index contributed by atoms with van der Waals surface area (Å²) in [6.07, 6.45) is -4.66. The number of aliphatic carboxylic acids is 1. The minimum Gasteiger partial charge on any atom is -0.489 e. The molecule has 0 bridgehead atoms. The van der Waals surface area contributed by atoms with Crippen molar-refractivity contribution in [2.75, 3.05) is 13.2 Å². The molecular weight excluding hydrogens is 483 g/mol. The minimum absolute atomic E-state index is 0.0176. The van der Waals surface area contributed by atoms with E-state index in [4.69, 9.17) is 15.6 Å². The Kier molecular flexibility index (Phi) is 9.00. The molecule has 3 aromatic carbocycles. The number of carboxylic acids is 1. The van der Waals surface area contributed by atoms with Gasteiger partial charge in [0.2, 0.25) is 0 Å². The van der Waals surface area contributed by atoms with Crippen LogP contribution in [0.4, 0.5) is 22.0 Å². The van der Waals surface area contributed by atoms with Gasteiger partial charge in [0.1, 0.15) is 24.8 Å². The molecule has 0 aliphatic carbocycles. The Bertz CT molecular complexity index is 1200. The first-order chi connectivity index (χ1) is 17.1. The van der Waals surface area contributed by atoms with Crippen molar-refractivity contribution in [2.24, 2.45) is 5.73 Å². The van der Waals surface area contributed by atoms with Crippen molar-refractivity contribution in [3.63, 3.8) is 0 Å². The number of carbonyl (C=O) groups is 1. The van der Waals surface area contributed by atoms with Crippen LogP contribution in [0.3, 0.4) is 0 Å². The summed E-state index contributed by atoms with van der Waals surface area (Å²) >= 11 is 0. The third-order valence-corrected chi connectivity index (χ3v) is 5.32. The highest BCUT2D eigenvalue weighted by Gasteiger charge is 2.26. The van der Waals surface area contributed by atoms with Crippen molar-refractivity contribution in [1.82, 2.24) is 5.32 Å². The maximum absolute atomic E-state index is 15.2. The fraction of sp³-hybridized carbons (Fsp3) is 0.269. The molecule has 1 unspecified atom stereocenters. The van der Waals surface area contributed by atoms with Crippen LogP contribution >= 0.6 is 0 Å². The van der Waals surface area contributed by atoms with E-state index in [1.165, 1.54) is 24.3 Å². The molecule has 0 saturated heterocycles. The maximum atomic E-state index is 15.2. The molecule has 4 N–H and O–H groups in total. The van der Waals surface area contributed by atoms with Gasteiger partial charge < -0.3 is 20.9 Å². The number of hydrogen-bond acceptors (Lipinski definition) is 4. The molecule has 5 nitrogen and oxygen atoms in total. The highest BCUT2D eigenvalue weighted by molar-refractivity contribution is 5.71. The predicted molar refractivity (Wildman–Crippen MR) is 125 cm³/mol. The second kappa shape index (κ2) is 12.0. The van der Waals surface area contributed by atoms with E-state index < -0.39 is 37.2 Å². The number of nitrogens with one attached hydrogen (secondary N) is 1. The lowest BCUT2D eigenvalue weighted by Crippen LogP contribution is -2.28. The molecule has 0 aliphatic rings. The van der Waals surface area contributed by atoms with Crippen LogP contribution in [-0.4, -0.2) is 30.5 Å². The van der Waals surface area contributed by atoms with Crippen LogP contribution in [0.1, 0.15) is 28.3 Å². The second-order valence-electron chi connectivity index (χ2n) is 8.19. The van der Waals surface area contributed by atoms with E-state index in [9.17, 15) is 22.4 Å². The Morgan fingerprint density at radius 3 is 2.47 bits per heavy atom. The van der Waals surface area contributed by atoms with Crippen LogP contribution in [0.2, 0.25) is 0 Å². The number of alkyl halides is 4. The van der Waals surface area contributed by atoms with E-state index in [1.807, 2.05) is 0 Å². The topological polar surface area (TPSA) is 84.6 Å². The number of nitrogens with two attached hydrogens (primary N) is 1.